The summed E-state index contributed by atoms with van der Waals surface area (Å²) < 4.78 is 15.8. The lowest BCUT2D eigenvalue weighted by Crippen LogP contribution is -2.44. The summed E-state index contributed by atoms with van der Waals surface area (Å²) in [6.07, 6.45) is 0.976. The van der Waals surface area contributed by atoms with Crippen LogP contribution in [-0.2, 0) is 28.6 Å². The molecule has 7 nitrogen and oxygen atoms in total. The monoisotopic (exact) mass is 475 g/mol. The number of benzene rings is 1. The number of hydrogen-bond acceptors (Lipinski definition) is 7. The first-order valence-corrected chi connectivity index (χ1v) is 11.5. The molecule has 2 unspecified atom stereocenters. The molecule has 1 heterocycles. The maximum Gasteiger partial charge on any atom is 0.336 e. The van der Waals surface area contributed by atoms with E-state index in [9.17, 15) is 14.4 Å². The van der Waals surface area contributed by atoms with Crippen LogP contribution >= 0.6 is 11.6 Å². The van der Waals surface area contributed by atoms with Crippen molar-refractivity contribution in [2.24, 2.45) is 16.3 Å². The molecule has 3 rings (SSSR count). The van der Waals surface area contributed by atoms with E-state index >= 15 is 0 Å². The molecule has 8 heteroatoms. The summed E-state index contributed by atoms with van der Waals surface area (Å²) in [6.45, 7) is 7.51. The Balaban J connectivity index is 2.12. The normalized spacial score (nSPS) is 21.8. The van der Waals surface area contributed by atoms with Crippen molar-refractivity contribution in [1.29, 1.82) is 0 Å². The lowest BCUT2D eigenvalue weighted by molar-refractivity contribution is -0.148. The van der Waals surface area contributed by atoms with Crippen LogP contribution in [0.15, 0.2) is 40.5 Å². The van der Waals surface area contributed by atoms with Crippen LogP contribution in [0.4, 0.5) is 0 Å². The van der Waals surface area contributed by atoms with Crippen LogP contribution in [0.5, 0.6) is 0 Å². The van der Waals surface area contributed by atoms with Crippen molar-refractivity contribution in [1.82, 2.24) is 0 Å². The number of rotatable bonds is 8. The fraction of sp³-hybridized carbons (Fsp3) is 0.520. The van der Waals surface area contributed by atoms with E-state index in [1.54, 1.807) is 26.0 Å². The third-order valence-corrected chi connectivity index (χ3v) is 6.10. The zero-order chi connectivity index (χ0) is 24.2. The number of hydrogen-bond donors (Lipinski definition) is 0. The van der Waals surface area contributed by atoms with Gasteiger partial charge in [-0.05, 0) is 37.3 Å². The number of carbonyl (C=O) groups is 3. The summed E-state index contributed by atoms with van der Waals surface area (Å²) in [5.74, 6) is -2.31. The molecule has 1 aromatic rings. The maximum atomic E-state index is 13.4. The Morgan fingerprint density at radius 1 is 1.09 bits per heavy atom. The second kappa shape index (κ2) is 10.6. The fourth-order valence-corrected chi connectivity index (χ4v) is 4.81. The van der Waals surface area contributed by atoms with Gasteiger partial charge in [0.05, 0.1) is 37.0 Å². The molecule has 178 valence electrons. The molecule has 1 fully saturated rings. The predicted molar refractivity (Wildman–Crippen MR) is 124 cm³/mol. The topological polar surface area (TPSA) is 91.3 Å². The van der Waals surface area contributed by atoms with Gasteiger partial charge in [-0.15, -0.1) is 0 Å². The molecule has 0 radical (unpaired) electrons. The Kier molecular flexibility index (Phi) is 8.08. The number of carbonyl (C=O) groups excluding carboxylic acids is 3. The molecule has 0 aromatic heterocycles. The van der Waals surface area contributed by atoms with E-state index in [1.807, 2.05) is 26.0 Å². The quantitative estimate of drug-likeness (QED) is 0.521. The largest absolute Gasteiger partial charge is 0.464 e. The molecule has 2 aliphatic rings. The summed E-state index contributed by atoms with van der Waals surface area (Å²) in [5, 5.41) is 0.454. The van der Waals surface area contributed by atoms with Crippen molar-refractivity contribution in [2.75, 3.05) is 26.4 Å². The van der Waals surface area contributed by atoms with Crippen LogP contribution < -0.4 is 0 Å². The van der Waals surface area contributed by atoms with E-state index < -0.39 is 23.8 Å². The van der Waals surface area contributed by atoms with Gasteiger partial charge < -0.3 is 14.2 Å². The van der Waals surface area contributed by atoms with Crippen LogP contribution in [0.1, 0.15) is 52.0 Å². The van der Waals surface area contributed by atoms with Gasteiger partial charge in [-0.3, -0.25) is 9.79 Å². The minimum atomic E-state index is -0.643. The molecular formula is C25H30ClNO6. The Morgan fingerprint density at radius 2 is 1.79 bits per heavy atom. The van der Waals surface area contributed by atoms with E-state index in [0.717, 1.165) is 0 Å². The zero-order valence-electron chi connectivity index (χ0n) is 19.5. The highest BCUT2D eigenvalue weighted by Crippen LogP contribution is 2.48. The van der Waals surface area contributed by atoms with Crippen molar-refractivity contribution in [3.05, 3.63) is 46.1 Å². The highest BCUT2D eigenvalue weighted by Gasteiger charge is 2.48. The van der Waals surface area contributed by atoms with Gasteiger partial charge in [-0.25, -0.2) is 9.59 Å². The average molecular weight is 476 g/mol. The Hall–Kier alpha value is -2.51. The van der Waals surface area contributed by atoms with Gasteiger partial charge >= 0.3 is 11.9 Å². The summed E-state index contributed by atoms with van der Waals surface area (Å²) >= 11 is 6.55. The predicted octanol–water partition coefficient (Wildman–Crippen LogP) is 4.28. The van der Waals surface area contributed by atoms with Crippen LogP contribution in [0, 0.1) is 11.3 Å². The van der Waals surface area contributed by atoms with Crippen LogP contribution in [0.2, 0.25) is 5.02 Å². The van der Waals surface area contributed by atoms with Crippen molar-refractivity contribution in [3.63, 3.8) is 0 Å². The van der Waals surface area contributed by atoms with E-state index in [0.29, 0.717) is 34.8 Å². The average Bonchev–Trinajstić information content (AvgIpc) is 2.72. The van der Waals surface area contributed by atoms with Crippen LogP contribution in [0.25, 0.3) is 0 Å². The van der Waals surface area contributed by atoms with Crippen LogP contribution in [0.3, 0.4) is 0 Å². The minimum Gasteiger partial charge on any atom is -0.464 e. The van der Waals surface area contributed by atoms with Gasteiger partial charge in [0.2, 0.25) is 0 Å². The summed E-state index contributed by atoms with van der Waals surface area (Å²) in [6, 6.07) is 7.18. The number of nitrogens with zero attached hydrogens (tertiary/aromatic N) is 1. The summed E-state index contributed by atoms with van der Waals surface area (Å²) in [5.41, 5.74) is 1.70. The molecule has 0 saturated heterocycles. The van der Waals surface area contributed by atoms with Gasteiger partial charge in [0, 0.05) is 23.1 Å². The first-order chi connectivity index (χ1) is 15.7. The lowest BCUT2D eigenvalue weighted by Gasteiger charge is -2.41. The third kappa shape index (κ3) is 5.71. The van der Waals surface area contributed by atoms with Gasteiger partial charge in [0.15, 0.2) is 0 Å². The Morgan fingerprint density at radius 3 is 2.45 bits per heavy atom. The number of ether oxygens (including phenoxy) is 3. The molecule has 1 aromatic carbocycles. The molecule has 1 saturated carbocycles. The SMILES string of the molecule is CCOC(=O)COCC1=C(C(=O)OCC)C(c2ccccc2Cl)C2C(=O)CC(C)(C)CC2=N1. The molecule has 0 spiro atoms. The molecule has 0 amide bonds. The van der Waals surface area contributed by atoms with Crippen molar-refractivity contribution in [3.8, 4) is 0 Å². The van der Waals surface area contributed by atoms with E-state index in [1.165, 1.54) is 0 Å². The summed E-state index contributed by atoms with van der Waals surface area (Å²) in [4.78, 5) is 43.0. The number of Topliss-reactive ketones (excluding diaryl/α,β-unsaturated/α-hetero) is 1. The Bertz CT molecular complexity index is 996. The van der Waals surface area contributed by atoms with Crippen LogP contribution in [-0.4, -0.2) is 49.9 Å². The highest BCUT2D eigenvalue weighted by molar-refractivity contribution is 6.31. The number of halogens is 1. The van der Waals surface area contributed by atoms with Gasteiger partial charge in [0.25, 0.3) is 0 Å². The molecular weight excluding hydrogens is 446 g/mol. The number of esters is 2. The minimum absolute atomic E-state index is 0.0169. The maximum absolute atomic E-state index is 13.4. The lowest BCUT2D eigenvalue weighted by atomic mass is 9.63. The molecule has 0 N–H and O–H groups in total. The zero-order valence-corrected chi connectivity index (χ0v) is 20.2. The van der Waals surface area contributed by atoms with E-state index in [4.69, 9.17) is 30.8 Å². The summed E-state index contributed by atoms with van der Waals surface area (Å²) in [7, 11) is 0. The van der Waals surface area contributed by atoms with Crippen molar-refractivity contribution >= 4 is 35.0 Å². The molecule has 0 bridgehead atoms. The van der Waals surface area contributed by atoms with Crippen molar-refractivity contribution < 1.29 is 28.6 Å². The Labute approximate surface area is 199 Å². The smallest absolute Gasteiger partial charge is 0.336 e. The third-order valence-electron chi connectivity index (χ3n) is 5.75. The van der Waals surface area contributed by atoms with Gasteiger partial charge in [0.1, 0.15) is 12.4 Å². The van der Waals surface area contributed by atoms with Crippen molar-refractivity contribution in [2.45, 2.75) is 46.5 Å². The number of ketones is 1. The number of fused-ring (bicyclic) bond motifs is 1. The van der Waals surface area contributed by atoms with E-state index in [-0.39, 0.29) is 43.2 Å². The second-order valence-corrected chi connectivity index (χ2v) is 9.35. The molecule has 1 aliphatic heterocycles. The van der Waals surface area contributed by atoms with Gasteiger partial charge in [-0.2, -0.15) is 0 Å². The molecule has 2 atom stereocenters. The van der Waals surface area contributed by atoms with Gasteiger partial charge in [-0.1, -0.05) is 43.6 Å². The van der Waals surface area contributed by atoms with E-state index in [2.05, 4.69) is 0 Å². The number of aliphatic imine (C=N–C) groups is 1. The molecule has 33 heavy (non-hydrogen) atoms. The second-order valence-electron chi connectivity index (χ2n) is 8.94. The first-order valence-electron chi connectivity index (χ1n) is 11.2. The fourth-order valence-electron chi connectivity index (χ4n) is 4.56. The first kappa shape index (κ1) is 25.1. The standard InChI is InChI=1S/C25H30ClNO6/c1-5-32-20(29)14-31-13-18-23(24(30)33-6-2)21(15-9-7-8-10-16(15)26)22-17(27-18)11-25(3,4)12-19(22)28/h7-10,21-22H,5-6,11-14H2,1-4H3. The molecule has 1 aliphatic carbocycles. The highest BCUT2D eigenvalue weighted by atomic mass is 35.5.